The van der Waals surface area contributed by atoms with Crippen LogP contribution >= 0.6 is 0 Å². The lowest BCUT2D eigenvalue weighted by Gasteiger charge is -2.09. The van der Waals surface area contributed by atoms with Gasteiger partial charge in [-0.3, -0.25) is 14.7 Å². The fourth-order valence-electron chi connectivity index (χ4n) is 1.49. The minimum absolute atomic E-state index is 0.0727. The van der Waals surface area contributed by atoms with Gasteiger partial charge in [0.2, 0.25) is 11.8 Å². The molecule has 6 nitrogen and oxygen atoms in total. The Morgan fingerprint density at radius 2 is 2.47 bits per heavy atom. The van der Waals surface area contributed by atoms with Crippen molar-refractivity contribution >= 4 is 17.6 Å². The van der Waals surface area contributed by atoms with E-state index in [2.05, 4.69) is 20.8 Å². The molecule has 1 aromatic rings. The summed E-state index contributed by atoms with van der Waals surface area (Å²) in [5.74, 6) is 0.311. The molecule has 0 unspecified atom stereocenters. The van der Waals surface area contributed by atoms with Gasteiger partial charge < -0.3 is 10.6 Å². The lowest BCUT2D eigenvalue weighted by molar-refractivity contribution is -0.122. The Kier molecular flexibility index (Phi) is 2.40. The second kappa shape index (κ2) is 3.72. The first kappa shape index (κ1) is 9.70. The maximum atomic E-state index is 11.6. The normalized spacial score (nSPS) is 20.1. The van der Waals surface area contributed by atoms with Gasteiger partial charge in [0.1, 0.15) is 11.9 Å². The highest BCUT2D eigenvalue weighted by Crippen LogP contribution is 2.12. The lowest BCUT2D eigenvalue weighted by Crippen LogP contribution is -2.37. The molecule has 1 aromatic heterocycles. The first-order valence-corrected chi connectivity index (χ1v) is 4.77. The summed E-state index contributed by atoms with van der Waals surface area (Å²) in [5, 5.41) is 11.7. The molecule has 2 amide bonds. The van der Waals surface area contributed by atoms with E-state index in [9.17, 15) is 9.59 Å². The summed E-state index contributed by atoms with van der Waals surface area (Å²) in [6.45, 7) is 1.84. The molecule has 0 bridgehead atoms. The Bertz CT molecular complexity index is 399. The topological polar surface area (TPSA) is 86.9 Å². The van der Waals surface area contributed by atoms with E-state index in [1.54, 1.807) is 6.20 Å². The van der Waals surface area contributed by atoms with E-state index in [0.717, 1.165) is 5.56 Å². The average Bonchev–Trinajstić information content (AvgIpc) is 2.77. The summed E-state index contributed by atoms with van der Waals surface area (Å²) >= 11 is 0. The van der Waals surface area contributed by atoms with Crippen molar-refractivity contribution in [2.24, 2.45) is 0 Å². The van der Waals surface area contributed by atoms with Crippen molar-refractivity contribution in [1.82, 2.24) is 15.5 Å². The van der Waals surface area contributed by atoms with Crippen LogP contribution in [0.5, 0.6) is 0 Å². The van der Waals surface area contributed by atoms with Crippen LogP contribution in [0.1, 0.15) is 18.4 Å². The van der Waals surface area contributed by atoms with Crippen LogP contribution in [-0.4, -0.2) is 28.1 Å². The SMILES string of the molecule is Cc1cn[nH]c1NC(=O)[C@@H]1CCC(=O)N1. The molecule has 6 heteroatoms. The van der Waals surface area contributed by atoms with E-state index in [1.165, 1.54) is 0 Å². The standard InChI is InChI=1S/C9H12N4O2/c1-5-4-10-13-8(5)12-9(15)6-2-3-7(14)11-6/h4,6H,2-3H2,1H3,(H,11,14)(H2,10,12,13,15)/t6-/m0/s1. The molecule has 80 valence electrons. The van der Waals surface area contributed by atoms with Gasteiger partial charge in [-0.1, -0.05) is 0 Å². The molecule has 0 spiro atoms. The smallest absolute Gasteiger partial charge is 0.248 e. The molecule has 1 fully saturated rings. The van der Waals surface area contributed by atoms with Crippen molar-refractivity contribution in [2.75, 3.05) is 5.32 Å². The molecule has 2 rings (SSSR count). The third-order valence-corrected chi connectivity index (χ3v) is 2.39. The fraction of sp³-hybridized carbons (Fsp3) is 0.444. The predicted octanol–water partition coefficient (Wildman–Crippen LogP) is -0.0648. The molecule has 0 aromatic carbocycles. The van der Waals surface area contributed by atoms with Crippen molar-refractivity contribution in [2.45, 2.75) is 25.8 Å². The minimum Gasteiger partial charge on any atom is -0.344 e. The van der Waals surface area contributed by atoms with Crippen molar-refractivity contribution in [3.63, 3.8) is 0 Å². The number of aromatic amines is 1. The molecule has 1 atom stereocenters. The van der Waals surface area contributed by atoms with Crippen molar-refractivity contribution in [3.05, 3.63) is 11.8 Å². The van der Waals surface area contributed by atoms with E-state index >= 15 is 0 Å². The Morgan fingerprint density at radius 3 is 3.00 bits per heavy atom. The molecule has 1 saturated heterocycles. The van der Waals surface area contributed by atoms with Crippen LogP contribution in [-0.2, 0) is 9.59 Å². The highest BCUT2D eigenvalue weighted by Gasteiger charge is 2.27. The molecular weight excluding hydrogens is 196 g/mol. The number of H-pyrrole nitrogens is 1. The van der Waals surface area contributed by atoms with E-state index in [1.807, 2.05) is 6.92 Å². The Morgan fingerprint density at radius 1 is 1.67 bits per heavy atom. The van der Waals surface area contributed by atoms with Gasteiger partial charge in [0, 0.05) is 12.0 Å². The summed E-state index contributed by atoms with van der Waals surface area (Å²) in [7, 11) is 0. The third kappa shape index (κ3) is 1.98. The molecule has 3 N–H and O–H groups in total. The third-order valence-electron chi connectivity index (χ3n) is 2.39. The van der Waals surface area contributed by atoms with Crippen molar-refractivity contribution in [3.8, 4) is 0 Å². The molecule has 15 heavy (non-hydrogen) atoms. The van der Waals surface area contributed by atoms with Crippen LogP contribution in [0.2, 0.25) is 0 Å². The Balaban J connectivity index is 1.98. The van der Waals surface area contributed by atoms with Gasteiger partial charge in [-0.15, -0.1) is 0 Å². The first-order chi connectivity index (χ1) is 7.16. The van der Waals surface area contributed by atoms with E-state index in [0.29, 0.717) is 18.7 Å². The zero-order chi connectivity index (χ0) is 10.8. The second-order valence-electron chi connectivity index (χ2n) is 3.58. The van der Waals surface area contributed by atoms with Crippen LogP contribution in [0.4, 0.5) is 5.82 Å². The van der Waals surface area contributed by atoms with Gasteiger partial charge in [-0.25, -0.2) is 0 Å². The number of aryl methyl sites for hydroxylation is 1. The molecule has 0 aliphatic carbocycles. The summed E-state index contributed by atoms with van der Waals surface area (Å²) in [6.07, 6.45) is 2.60. The Hall–Kier alpha value is -1.85. The first-order valence-electron chi connectivity index (χ1n) is 4.77. The van der Waals surface area contributed by atoms with Gasteiger partial charge >= 0.3 is 0 Å². The molecule has 1 aliphatic rings. The average molecular weight is 208 g/mol. The summed E-state index contributed by atoms with van der Waals surface area (Å²) in [4.78, 5) is 22.6. The number of nitrogens with one attached hydrogen (secondary N) is 3. The van der Waals surface area contributed by atoms with Crippen LogP contribution in [0.15, 0.2) is 6.20 Å². The monoisotopic (exact) mass is 208 g/mol. The lowest BCUT2D eigenvalue weighted by atomic mass is 10.2. The number of carbonyl (C=O) groups excluding carboxylic acids is 2. The van der Waals surface area contributed by atoms with Gasteiger partial charge in [-0.05, 0) is 13.3 Å². The minimum atomic E-state index is -0.416. The number of amides is 2. The van der Waals surface area contributed by atoms with Crippen LogP contribution in [0.3, 0.4) is 0 Å². The summed E-state index contributed by atoms with van der Waals surface area (Å²) in [5.41, 5.74) is 0.868. The Labute approximate surface area is 86.4 Å². The van der Waals surface area contributed by atoms with Gasteiger partial charge in [0.25, 0.3) is 0 Å². The molecule has 1 aliphatic heterocycles. The molecule has 2 heterocycles. The maximum Gasteiger partial charge on any atom is 0.248 e. The maximum absolute atomic E-state index is 11.6. The van der Waals surface area contributed by atoms with E-state index in [-0.39, 0.29) is 11.8 Å². The molecule has 0 radical (unpaired) electrons. The predicted molar refractivity (Wildman–Crippen MR) is 53.1 cm³/mol. The van der Waals surface area contributed by atoms with Crippen LogP contribution < -0.4 is 10.6 Å². The number of rotatable bonds is 2. The molecule has 0 saturated carbocycles. The number of nitrogens with zero attached hydrogens (tertiary/aromatic N) is 1. The summed E-state index contributed by atoms with van der Waals surface area (Å²) < 4.78 is 0. The zero-order valence-corrected chi connectivity index (χ0v) is 8.33. The van der Waals surface area contributed by atoms with Gasteiger partial charge in [-0.2, -0.15) is 5.10 Å². The number of anilines is 1. The highest BCUT2D eigenvalue weighted by molar-refractivity contribution is 5.98. The summed E-state index contributed by atoms with van der Waals surface area (Å²) in [6, 6.07) is -0.416. The molecular formula is C9H12N4O2. The largest absolute Gasteiger partial charge is 0.344 e. The number of hydrogen-bond acceptors (Lipinski definition) is 3. The van der Waals surface area contributed by atoms with Crippen LogP contribution in [0.25, 0.3) is 0 Å². The van der Waals surface area contributed by atoms with Crippen molar-refractivity contribution in [1.29, 1.82) is 0 Å². The van der Waals surface area contributed by atoms with E-state index < -0.39 is 6.04 Å². The number of carbonyl (C=O) groups is 2. The number of aromatic nitrogens is 2. The van der Waals surface area contributed by atoms with Crippen molar-refractivity contribution < 1.29 is 9.59 Å². The number of hydrogen-bond donors (Lipinski definition) is 3. The van der Waals surface area contributed by atoms with E-state index in [4.69, 9.17) is 0 Å². The highest BCUT2D eigenvalue weighted by atomic mass is 16.2. The fourth-order valence-corrected chi connectivity index (χ4v) is 1.49. The zero-order valence-electron chi connectivity index (χ0n) is 8.33. The van der Waals surface area contributed by atoms with Crippen LogP contribution in [0, 0.1) is 6.92 Å². The van der Waals surface area contributed by atoms with Gasteiger partial charge in [0.05, 0.1) is 6.20 Å². The van der Waals surface area contributed by atoms with Gasteiger partial charge in [0.15, 0.2) is 0 Å². The second-order valence-corrected chi connectivity index (χ2v) is 3.58. The quantitative estimate of drug-likeness (QED) is 0.636.